The molecule has 8 nitrogen and oxygen atoms in total. The Hall–Kier alpha value is -4.38. The van der Waals surface area contributed by atoms with Gasteiger partial charge in [-0.25, -0.2) is 4.68 Å². The van der Waals surface area contributed by atoms with Gasteiger partial charge in [-0.05, 0) is 36.3 Å². The molecule has 0 aliphatic rings. The smallest absolute Gasteiger partial charge is 0.295 e. The predicted octanol–water partition coefficient (Wildman–Crippen LogP) is 1.39. The lowest BCUT2D eigenvalue weighted by atomic mass is 10.1. The fourth-order valence-electron chi connectivity index (χ4n) is 2.92. The van der Waals surface area contributed by atoms with Gasteiger partial charge in [0, 0.05) is 7.05 Å². The molecule has 1 amide bonds. The van der Waals surface area contributed by atoms with Crippen molar-refractivity contribution in [2.75, 3.05) is 5.32 Å². The molecule has 30 heavy (non-hydrogen) atoms. The van der Waals surface area contributed by atoms with Crippen LogP contribution in [0.4, 0.5) is 5.69 Å². The fourth-order valence-corrected chi connectivity index (χ4v) is 2.92. The molecule has 0 unspecified atom stereocenters. The van der Waals surface area contributed by atoms with Crippen LogP contribution in [0, 0.1) is 18.3 Å². The molecule has 3 rings (SSSR count). The number of carboxylic acids is 1. The molecular formula is C22H17N4O4-. The predicted molar refractivity (Wildman–Crippen MR) is 109 cm³/mol. The van der Waals surface area contributed by atoms with E-state index < -0.39 is 17.4 Å². The van der Waals surface area contributed by atoms with Crippen LogP contribution in [0.15, 0.2) is 65.0 Å². The van der Waals surface area contributed by atoms with E-state index >= 15 is 0 Å². The highest BCUT2D eigenvalue weighted by Gasteiger charge is 2.19. The number of carbonyl (C=O) groups is 2. The summed E-state index contributed by atoms with van der Waals surface area (Å²) in [6.07, 6.45) is 1.31. The maximum absolute atomic E-state index is 12.9. The van der Waals surface area contributed by atoms with Crippen molar-refractivity contribution in [3.8, 4) is 11.8 Å². The molecule has 0 bridgehead atoms. The minimum absolute atomic E-state index is 0.0171. The van der Waals surface area contributed by atoms with E-state index in [1.165, 1.54) is 35.0 Å². The van der Waals surface area contributed by atoms with Crippen molar-refractivity contribution >= 4 is 23.6 Å². The summed E-state index contributed by atoms with van der Waals surface area (Å²) < 4.78 is 3.03. The molecule has 0 aliphatic carbocycles. The molecule has 0 aliphatic heterocycles. The number of hydrogen-bond acceptors (Lipinski definition) is 5. The Kier molecular flexibility index (Phi) is 5.65. The van der Waals surface area contributed by atoms with E-state index in [1.54, 1.807) is 49.0 Å². The van der Waals surface area contributed by atoms with Crippen molar-refractivity contribution in [2.45, 2.75) is 6.92 Å². The average Bonchev–Trinajstić information content (AvgIpc) is 2.96. The van der Waals surface area contributed by atoms with Crippen molar-refractivity contribution in [3.63, 3.8) is 0 Å². The lowest BCUT2D eigenvalue weighted by molar-refractivity contribution is -0.255. The first-order valence-electron chi connectivity index (χ1n) is 8.92. The van der Waals surface area contributed by atoms with Crippen molar-refractivity contribution < 1.29 is 14.7 Å². The second kappa shape index (κ2) is 8.32. The zero-order chi connectivity index (χ0) is 21.8. The first-order chi connectivity index (χ1) is 14.3. The zero-order valence-corrected chi connectivity index (χ0v) is 16.2. The van der Waals surface area contributed by atoms with Gasteiger partial charge in [-0.1, -0.05) is 42.5 Å². The third-order valence-electron chi connectivity index (χ3n) is 4.62. The van der Waals surface area contributed by atoms with Crippen LogP contribution in [0.3, 0.4) is 0 Å². The van der Waals surface area contributed by atoms with Crippen LogP contribution in [-0.2, 0) is 11.8 Å². The van der Waals surface area contributed by atoms with Crippen molar-refractivity contribution in [2.24, 2.45) is 7.05 Å². The standard InChI is InChI=1S/C22H18N4O4/c1-14-19(21(28)26(25(14)2)18-6-4-3-5-7-18)24-20(27)17(13-23)12-15-8-10-16(11-9-15)22(29)30/h3-12H,1-2H3,(H,24,27)(H,29,30)/p-1/b17-12+. The number of aromatic nitrogens is 2. The number of amides is 1. The highest BCUT2D eigenvalue weighted by molar-refractivity contribution is 6.09. The molecule has 3 aromatic rings. The number of anilines is 1. The Morgan fingerprint density at radius 3 is 2.30 bits per heavy atom. The van der Waals surface area contributed by atoms with Gasteiger partial charge in [-0.15, -0.1) is 0 Å². The molecule has 0 radical (unpaired) electrons. The monoisotopic (exact) mass is 401 g/mol. The van der Waals surface area contributed by atoms with Gasteiger partial charge >= 0.3 is 0 Å². The lowest BCUT2D eigenvalue weighted by Crippen LogP contribution is -2.23. The van der Waals surface area contributed by atoms with Gasteiger partial charge in [0.2, 0.25) is 0 Å². The number of carbonyl (C=O) groups excluding carboxylic acids is 2. The lowest BCUT2D eigenvalue weighted by Gasteiger charge is -2.07. The van der Waals surface area contributed by atoms with E-state index in [4.69, 9.17) is 0 Å². The topological polar surface area (TPSA) is 120 Å². The summed E-state index contributed by atoms with van der Waals surface area (Å²) in [6, 6.07) is 16.3. The van der Waals surface area contributed by atoms with Crippen LogP contribution < -0.4 is 16.0 Å². The van der Waals surface area contributed by atoms with Gasteiger partial charge in [0.15, 0.2) is 0 Å². The molecule has 2 aromatic carbocycles. The minimum atomic E-state index is -1.32. The molecule has 0 spiro atoms. The Morgan fingerprint density at radius 2 is 1.73 bits per heavy atom. The molecule has 0 fully saturated rings. The Morgan fingerprint density at radius 1 is 1.10 bits per heavy atom. The van der Waals surface area contributed by atoms with Crippen molar-refractivity contribution in [3.05, 3.63) is 87.3 Å². The maximum Gasteiger partial charge on any atom is 0.295 e. The van der Waals surface area contributed by atoms with Gasteiger partial charge in [0.1, 0.15) is 17.3 Å². The van der Waals surface area contributed by atoms with Crippen LogP contribution in [0.1, 0.15) is 21.6 Å². The Bertz CT molecular complexity index is 1240. The number of carboxylic acid groups (broad SMARTS) is 1. The molecule has 1 heterocycles. The second-order valence-corrected chi connectivity index (χ2v) is 6.47. The van der Waals surface area contributed by atoms with Crippen LogP contribution in [0.2, 0.25) is 0 Å². The number of nitrogens with zero attached hydrogens (tertiary/aromatic N) is 3. The molecule has 8 heteroatoms. The van der Waals surface area contributed by atoms with E-state index in [-0.39, 0.29) is 16.8 Å². The van der Waals surface area contributed by atoms with Gasteiger partial charge in [0.05, 0.1) is 17.4 Å². The number of hydrogen-bond donors (Lipinski definition) is 1. The quantitative estimate of drug-likeness (QED) is 0.512. The summed E-state index contributed by atoms with van der Waals surface area (Å²) in [4.78, 5) is 36.3. The first-order valence-corrected chi connectivity index (χ1v) is 8.92. The Balaban J connectivity index is 1.92. The second-order valence-electron chi connectivity index (χ2n) is 6.47. The third kappa shape index (κ3) is 3.91. The van der Waals surface area contributed by atoms with E-state index in [0.717, 1.165) is 0 Å². The van der Waals surface area contributed by atoms with Crippen molar-refractivity contribution in [1.82, 2.24) is 9.36 Å². The van der Waals surface area contributed by atoms with Crippen LogP contribution in [0.5, 0.6) is 0 Å². The highest BCUT2D eigenvalue weighted by Crippen LogP contribution is 2.16. The summed E-state index contributed by atoms with van der Waals surface area (Å²) in [6.45, 7) is 1.69. The normalized spacial score (nSPS) is 11.0. The third-order valence-corrected chi connectivity index (χ3v) is 4.62. The maximum atomic E-state index is 12.9. The van der Waals surface area contributed by atoms with Gasteiger partial charge in [-0.3, -0.25) is 14.3 Å². The highest BCUT2D eigenvalue weighted by atomic mass is 16.4. The van der Waals surface area contributed by atoms with Gasteiger partial charge in [-0.2, -0.15) is 5.26 Å². The summed E-state index contributed by atoms with van der Waals surface area (Å²) in [5.41, 5.74) is 1.01. The van der Waals surface area contributed by atoms with Gasteiger partial charge in [0.25, 0.3) is 11.5 Å². The van der Waals surface area contributed by atoms with Crippen molar-refractivity contribution in [1.29, 1.82) is 5.26 Å². The molecule has 0 saturated heterocycles. The number of para-hydroxylation sites is 1. The SMILES string of the molecule is Cc1c(NC(=O)/C(C#N)=C/c2ccc(C(=O)[O-])cc2)c(=O)n(-c2ccccc2)n1C. The average molecular weight is 401 g/mol. The fraction of sp³-hybridized carbons (Fsp3) is 0.0909. The van der Waals surface area contributed by atoms with E-state index in [0.29, 0.717) is 16.9 Å². The summed E-state index contributed by atoms with van der Waals surface area (Å²) in [5.74, 6) is -2.06. The number of nitriles is 1. The summed E-state index contributed by atoms with van der Waals surface area (Å²) in [7, 11) is 1.69. The first kappa shape index (κ1) is 20.4. The summed E-state index contributed by atoms with van der Waals surface area (Å²) >= 11 is 0. The number of rotatable bonds is 5. The largest absolute Gasteiger partial charge is 0.545 e. The number of benzene rings is 2. The van der Waals surface area contributed by atoms with E-state index in [1.807, 2.05) is 6.07 Å². The number of aromatic carboxylic acids is 1. The van der Waals surface area contributed by atoms with Crippen LogP contribution in [0.25, 0.3) is 11.8 Å². The molecule has 1 aromatic heterocycles. The molecule has 150 valence electrons. The number of nitrogens with one attached hydrogen (secondary N) is 1. The van der Waals surface area contributed by atoms with E-state index in [9.17, 15) is 24.8 Å². The Labute approximate surface area is 171 Å². The van der Waals surface area contributed by atoms with Gasteiger partial charge < -0.3 is 15.2 Å². The molecule has 0 saturated carbocycles. The molecule has 0 atom stereocenters. The van der Waals surface area contributed by atoms with Crippen LogP contribution >= 0.6 is 0 Å². The van der Waals surface area contributed by atoms with E-state index in [2.05, 4.69) is 5.32 Å². The van der Waals surface area contributed by atoms with Crippen LogP contribution in [-0.4, -0.2) is 21.2 Å². The minimum Gasteiger partial charge on any atom is -0.545 e. The summed E-state index contributed by atoms with van der Waals surface area (Å²) in [5, 5.41) is 22.7. The molecule has 1 N–H and O–H groups in total. The zero-order valence-electron chi connectivity index (χ0n) is 16.2. The molecular weight excluding hydrogens is 384 g/mol.